The van der Waals surface area contributed by atoms with Gasteiger partial charge in [-0.3, -0.25) is 4.79 Å². The minimum atomic E-state index is -4.90. The molecule has 0 heterocycles. The molecule has 41 heavy (non-hydrogen) atoms. The number of hydrogen-bond acceptors (Lipinski definition) is 4. The lowest BCUT2D eigenvalue weighted by atomic mass is 9.83. The molecule has 13 heteroatoms. The summed E-state index contributed by atoms with van der Waals surface area (Å²) in [5, 5.41) is 12.2. The zero-order chi connectivity index (χ0) is 29.9. The van der Waals surface area contributed by atoms with E-state index in [1.165, 1.54) is 30.3 Å². The second-order valence-electron chi connectivity index (χ2n) is 9.69. The molecule has 0 saturated heterocycles. The van der Waals surface area contributed by atoms with E-state index in [0.29, 0.717) is 23.8 Å². The standard InChI is InChI=1S/C28H24F7NO5/c29-18-9-7-16-8-12-20(25(37)36-23(26(38)39)22(27(30,31)32)17-3-1-2-4-17)24(21(16)13-18)40-14-15-5-10-19(11-6-15)41-28(33,34)35/h5-13,17,22-23H,1-4,14H2,(H,36,37)(H,38,39). The summed E-state index contributed by atoms with van der Waals surface area (Å²) in [4.78, 5) is 25.3. The van der Waals surface area contributed by atoms with E-state index >= 15 is 0 Å². The van der Waals surface area contributed by atoms with Crippen molar-refractivity contribution >= 4 is 22.6 Å². The van der Waals surface area contributed by atoms with E-state index in [9.17, 15) is 45.4 Å². The molecule has 1 amide bonds. The van der Waals surface area contributed by atoms with Gasteiger partial charge < -0.3 is 19.9 Å². The summed E-state index contributed by atoms with van der Waals surface area (Å²) in [6.07, 6.45) is -8.45. The van der Waals surface area contributed by atoms with Gasteiger partial charge in [0.25, 0.3) is 5.91 Å². The number of amides is 1. The van der Waals surface area contributed by atoms with Crippen LogP contribution in [-0.4, -0.2) is 35.6 Å². The lowest BCUT2D eigenvalue weighted by Crippen LogP contribution is -2.53. The molecule has 0 aromatic heterocycles. The Morgan fingerprint density at radius 1 is 0.951 bits per heavy atom. The topological polar surface area (TPSA) is 84.9 Å². The number of ether oxygens (including phenoxy) is 2. The zero-order valence-corrected chi connectivity index (χ0v) is 21.2. The average Bonchev–Trinajstić information content (AvgIpc) is 3.40. The van der Waals surface area contributed by atoms with Gasteiger partial charge in [-0.25, -0.2) is 9.18 Å². The predicted molar refractivity (Wildman–Crippen MR) is 132 cm³/mol. The van der Waals surface area contributed by atoms with E-state index in [1.807, 2.05) is 5.32 Å². The third kappa shape index (κ3) is 7.39. The highest BCUT2D eigenvalue weighted by atomic mass is 19.4. The van der Waals surface area contributed by atoms with Crippen LogP contribution in [-0.2, 0) is 11.4 Å². The van der Waals surface area contributed by atoms with Crippen molar-refractivity contribution in [2.24, 2.45) is 11.8 Å². The quantitative estimate of drug-likeness (QED) is 0.263. The highest BCUT2D eigenvalue weighted by Gasteiger charge is 2.52. The van der Waals surface area contributed by atoms with Gasteiger partial charge in [0.15, 0.2) is 0 Å². The van der Waals surface area contributed by atoms with E-state index in [1.54, 1.807) is 0 Å². The fraction of sp³-hybridized carbons (Fsp3) is 0.357. The van der Waals surface area contributed by atoms with E-state index in [-0.39, 0.29) is 36.1 Å². The van der Waals surface area contributed by atoms with Gasteiger partial charge in [0.1, 0.15) is 30.0 Å². The van der Waals surface area contributed by atoms with Crippen LogP contribution in [0.25, 0.3) is 10.8 Å². The molecular formula is C28H24F7NO5. The predicted octanol–water partition coefficient (Wildman–Crippen LogP) is 7.01. The SMILES string of the molecule is O=C(NC(C(=O)O)C(C1CCCC1)C(F)(F)F)c1ccc2ccc(F)cc2c1OCc1ccc(OC(F)(F)F)cc1. The summed E-state index contributed by atoms with van der Waals surface area (Å²) >= 11 is 0. The first kappa shape index (κ1) is 29.9. The minimum Gasteiger partial charge on any atom is -0.487 e. The summed E-state index contributed by atoms with van der Waals surface area (Å²) in [5.74, 6) is -7.80. The van der Waals surface area contributed by atoms with Gasteiger partial charge in [0.2, 0.25) is 0 Å². The number of hydrogen-bond donors (Lipinski definition) is 2. The number of carboxylic acid groups (broad SMARTS) is 1. The van der Waals surface area contributed by atoms with Crippen molar-refractivity contribution in [3.05, 3.63) is 71.5 Å². The molecule has 2 N–H and O–H groups in total. The molecule has 0 radical (unpaired) electrons. The van der Waals surface area contributed by atoms with Crippen molar-refractivity contribution in [2.45, 2.75) is 50.9 Å². The van der Waals surface area contributed by atoms with Crippen LogP contribution in [0.1, 0.15) is 41.6 Å². The van der Waals surface area contributed by atoms with Gasteiger partial charge in [0.05, 0.1) is 11.5 Å². The second-order valence-corrected chi connectivity index (χ2v) is 9.69. The van der Waals surface area contributed by atoms with Crippen molar-refractivity contribution < 1.29 is 54.9 Å². The summed E-state index contributed by atoms with van der Waals surface area (Å²) in [7, 11) is 0. The van der Waals surface area contributed by atoms with Crippen LogP contribution < -0.4 is 14.8 Å². The Morgan fingerprint density at radius 3 is 2.17 bits per heavy atom. The first-order chi connectivity index (χ1) is 19.2. The Morgan fingerprint density at radius 2 is 1.59 bits per heavy atom. The molecule has 3 aromatic carbocycles. The Hall–Kier alpha value is -4.03. The van der Waals surface area contributed by atoms with Gasteiger partial charge in [-0.2, -0.15) is 13.2 Å². The maximum atomic E-state index is 14.2. The Labute approximate surface area is 229 Å². The van der Waals surface area contributed by atoms with Gasteiger partial charge in [-0.05, 0) is 60.0 Å². The summed E-state index contributed by atoms with van der Waals surface area (Å²) in [5.41, 5.74) is -0.0280. The van der Waals surface area contributed by atoms with Gasteiger partial charge in [0, 0.05) is 5.39 Å². The number of nitrogens with one attached hydrogen (secondary N) is 1. The van der Waals surface area contributed by atoms with Crippen LogP contribution in [0.5, 0.6) is 11.5 Å². The number of rotatable bonds is 9. The lowest BCUT2D eigenvalue weighted by molar-refractivity contribution is -0.274. The molecule has 1 aliphatic carbocycles. The number of carbonyl (C=O) groups excluding carboxylic acids is 1. The van der Waals surface area contributed by atoms with Crippen molar-refractivity contribution in [1.82, 2.24) is 5.32 Å². The molecule has 1 saturated carbocycles. The molecule has 2 atom stereocenters. The number of aliphatic carboxylic acids is 1. The average molecular weight is 587 g/mol. The van der Waals surface area contributed by atoms with Crippen LogP contribution in [0, 0.1) is 17.7 Å². The van der Waals surface area contributed by atoms with Crippen LogP contribution in [0.4, 0.5) is 30.7 Å². The summed E-state index contributed by atoms with van der Waals surface area (Å²) in [6.45, 7) is -0.336. The highest BCUT2D eigenvalue weighted by Crippen LogP contribution is 2.43. The first-order valence-electron chi connectivity index (χ1n) is 12.5. The molecule has 0 aliphatic heterocycles. The monoisotopic (exact) mass is 587 g/mol. The van der Waals surface area contributed by atoms with Gasteiger partial charge in [-0.15, -0.1) is 13.2 Å². The Kier molecular flexibility index (Phi) is 8.64. The minimum absolute atomic E-state index is 0.0738. The van der Waals surface area contributed by atoms with Gasteiger partial charge in [-0.1, -0.05) is 37.1 Å². The molecule has 0 bridgehead atoms. The van der Waals surface area contributed by atoms with E-state index in [4.69, 9.17) is 4.74 Å². The molecular weight excluding hydrogens is 563 g/mol. The third-order valence-electron chi connectivity index (χ3n) is 6.92. The van der Waals surface area contributed by atoms with Crippen molar-refractivity contribution in [3.63, 3.8) is 0 Å². The van der Waals surface area contributed by atoms with Crippen LogP contribution in [0.15, 0.2) is 54.6 Å². The van der Waals surface area contributed by atoms with E-state index in [2.05, 4.69) is 4.74 Å². The zero-order valence-electron chi connectivity index (χ0n) is 21.2. The van der Waals surface area contributed by atoms with E-state index in [0.717, 1.165) is 24.3 Å². The molecule has 1 aliphatic rings. The molecule has 1 fully saturated rings. The Balaban J connectivity index is 1.65. The maximum absolute atomic E-state index is 14.2. The fourth-order valence-corrected chi connectivity index (χ4v) is 5.11. The largest absolute Gasteiger partial charge is 0.573 e. The molecule has 3 aromatic rings. The number of carboxylic acids is 1. The lowest BCUT2D eigenvalue weighted by Gasteiger charge is -2.31. The molecule has 2 unspecified atom stereocenters. The molecule has 220 valence electrons. The third-order valence-corrected chi connectivity index (χ3v) is 6.92. The number of halogens is 7. The van der Waals surface area contributed by atoms with Crippen LogP contribution >= 0.6 is 0 Å². The first-order valence-corrected chi connectivity index (χ1v) is 12.5. The van der Waals surface area contributed by atoms with E-state index < -0.39 is 53.9 Å². The fourth-order valence-electron chi connectivity index (χ4n) is 5.11. The highest BCUT2D eigenvalue weighted by molar-refractivity contribution is 6.05. The Bertz CT molecular complexity index is 1400. The second kappa shape index (κ2) is 11.8. The van der Waals surface area contributed by atoms with Crippen LogP contribution in [0.2, 0.25) is 0 Å². The molecule has 6 nitrogen and oxygen atoms in total. The normalized spacial score (nSPS) is 15.9. The number of alkyl halides is 6. The summed E-state index contributed by atoms with van der Waals surface area (Å²) < 4.78 is 103. The number of carbonyl (C=O) groups is 2. The maximum Gasteiger partial charge on any atom is 0.573 e. The smallest absolute Gasteiger partial charge is 0.487 e. The van der Waals surface area contributed by atoms with Crippen molar-refractivity contribution in [3.8, 4) is 11.5 Å². The molecule has 0 spiro atoms. The van der Waals surface area contributed by atoms with Crippen molar-refractivity contribution in [2.75, 3.05) is 0 Å². The number of benzene rings is 3. The molecule has 4 rings (SSSR count). The van der Waals surface area contributed by atoms with Crippen LogP contribution in [0.3, 0.4) is 0 Å². The van der Waals surface area contributed by atoms with Crippen molar-refractivity contribution in [1.29, 1.82) is 0 Å². The summed E-state index contributed by atoms with van der Waals surface area (Å²) in [6, 6.07) is 8.43. The van der Waals surface area contributed by atoms with Gasteiger partial charge >= 0.3 is 18.5 Å². The number of fused-ring (bicyclic) bond motifs is 1.